The van der Waals surface area contributed by atoms with E-state index < -0.39 is 23.8 Å². The third-order valence-corrected chi connectivity index (χ3v) is 7.04. The van der Waals surface area contributed by atoms with Gasteiger partial charge >= 0.3 is 5.97 Å². The molecule has 2 aromatic heterocycles. The first kappa shape index (κ1) is 28.7. The average molecular weight is 598 g/mol. The maximum Gasteiger partial charge on any atom is 0.326 e. The first-order valence-electron chi connectivity index (χ1n) is 11.6. The highest BCUT2D eigenvalue weighted by Gasteiger charge is 2.26. The molecule has 204 valence electrons. The lowest BCUT2D eigenvalue weighted by Crippen LogP contribution is -2.45. The van der Waals surface area contributed by atoms with Gasteiger partial charge in [-0.05, 0) is 42.0 Å². The molecule has 0 aliphatic carbocycles. The van der Waals surface area contributed by atoms with Crippen LogP contribution in [-0.4, -0.2) is 51.7 Å². The third kappa shape index (κ3) is 7.00. The number of nitrogens with zero attached hydrogens (tertiary/aromatic N) is 3. The summed E-state index contributed by atoms with van der Waals surface area (Å²) < 4.78 is 0. The maximum atomic E-state index is 13.0. The van der Waals surface area contributed by atoms with Crippen LogP contribution in [-0.2, 0) is 20.8 Å². The van der Waals surface area contributed by atoms with E-state index in [1.54, 1.807) is 72.4 Å². The fraction of sp³-hybridized carbons (Fsp3) is 0.111. The highest BCUT2D eigenvalue weighted by Crippen LogP contribution is 2.26. The maximum absolute atomic E-state index is 13.0. The topological polar surface area (TPSA) is 143 Å². The largest absolute Gasteiger partial charge is 0.480 e. The molecule has 2 aromatic carbocycles. The molecule has 2 amide bonds. The number of rotatable bonds is 10. The lowest BCUT2D eigenvalue weighted by atomic mass is 10.0. The molecule has 0 saturated carbocycles. The van der Waals surface area contributed by atoms with E-state index in [1.807, 2.05) is 0 Å². The van der Waals surface area contributed by atoms with Gasteiger partial charge in [-0.1, -0.05) is 46.6 Å². The van der Waals surface area contributed by atoms with Crippen LogP contribution in [0.25, 0.3) is 10.6 Å². The summed E-state index contributed by atoms with van der Waals surface area (Å²) in [4.78, 5) is 50.9. The number of amides is 2. The van der Waals surface area contributed by atoms with Gasteiger partial charge in [-0.25, -0.2) is 9.78 Å². The molecule has 13 heteroatoms. The number of aliphatic carboxylic acids is 1. The Morgan fingerprint density at radius 3 is 2.35 bits per heavy atom. The van der Waals surface area contributed by atoms with Gasteiger partial charge in [0.25, 0.3) is 11.8 Å². The molecule has 0 bridgehead atoms. The van der Waals surface area contributed by atoms with Gasteiger partial charge in [0.1, 0.15) is 23.9 Å². The molecule has 0 unspecified atom stereocenters. The molecule has 3 N–H and O–H groups in total. The number of oxime groups is 1. The predicted octanol–water partition coefficient (Wildman–Crippen LogP) is 4.93. The summed E-state index contributed by atoms with van der Waals surface area (Å²) in [6, 6.07) is 13.5. The minimum Gasteiger partial charge on any atom is -0.480 e. The van der Waals surface area contributed by atoms with Crippen molar-refractivity contribution in [3.8, 4) is 10.6 Å². The number of carbonyl (C=O) groups is 3. The van der Waals surface area contributed by atoms with Gasteiger partial charge < -0.3 is 20.6 Å². The van der Waals surface area contributed by atoms with Crippen molar-refractivity contribution in [3.05, 3.63) is 99.2 Å². The Balaban J connectivity index is 1.44. The molecule has 0 aliphatic heterocycles. The van der Waals surface area contributed by atoms with E-state index in [4.69, 9.17) is 28.0 Å². The van der Waals surface area contributed by atoms with Crippen LogP contribution < -0.4 is 10.6 Å². The molecule has 0 radical (unpaired) electrons. The van der Waals surface area contributed by atoms with Crippen LogP contribution in [0.5, 0.6) is 0 Å². The zero-order valence-corrected chi connectivity index (χ0v) is 23.1. The van der Waals surface area contributed by atoms with E-state index >= 15 is 0 Å². The molecule has 0 fully saturated rings. The second-order valence-electron chi connectivity index (χ2n) is 8.21. The first-order valence-corrected chi connectivity index (χ1v) is 13.3. The van der Waals surface area contributed by atoms with Crippen LogP contribution in [0.2, 0.25) is 10.0 Å². The number of nitrogens with one attached hydrogen (secondary N) is 2. The van der Waals surface area contributed by atoms with E-state index in [-0.39, 0.29) is 33.4 Å². The number of hydrogen-bond donors (Lipinski definition) is 3. The number of thiazole rings is 1. The predicted molar refractivity (Wildman–Crippen MR) is 153 cm³/mol. The Bertz CT molecular complexity index is 1540. The fourth-order valence-electron chi connectivity index (χ4n) is 3.60. The highest BCUT2D eigenvalue weighted by molar-refractivity contribution is 7.13. The number of hydrogen-bond acceptors (Lipinski definition) is 8. The fourth-order valence-corrected chi connectivity index (χ4v) is 4.98. The van der Waals surface area contributed by atoms with Gasteiger partial charge in [0, 0.05) is 35.4 Å². The van der Waals surface area contributed by atoms with Crippen molar-refractivity contribution in [2.75, 3.05) is 12.4 Å². The molecule has 4 aromatic rings. The Labute approximate surface area is 242 Å². The van der Waals surface area contributed by atoms with Crippen LogP contribution in [0.15, 0.2) is 77.5 Å². The number of pyridine rings is 1. The monoisotopic (exact) mass is 597 g/mol. The molecular weight excluding hydrogens is 577 g/mol. The van der Waals surface area contributed by atoms with E-state index in [9.17, 15) is 19.5 Å². The minimum absolute atomic E-state index is 0.0365. The Morgan fingerprint density at radius 1 is 1.05 bits per heavy atom. The van der Waals surface area contributed by atoms with Gasteiger partial charge in [-0.3, -0.25) is 14.6 Å². The minimum atomic E-state index is -1.28. The van der Waals surface area contributed by atoms with Gasteiger partial charge in [0.15, 0.2) is 5.71 Å². The number of carboxylic acid groups (broad SMARTS) is 1. The molecule has 0 saturated heterocycles. The van der Waals surface area contributed by atoms with E-state index in [0.29, 0.717) is 16.3 Å². The molecule has 40 heavy (non-hydrogen) atoms. The van der Waals surface area contributed by atoms with Gasteiger partial charge in [-0.2, -0.15) is 0 Å². The van der Waals surface area contributed by atoms with Crippen LogP contribution in [0.3, 0.4) is 0 Å². The molecule has 2 heterocycles. The zero-order chi connectivity index (χ0) is 28.6. The standard InChI is InChI=1S/C27H21Cl2N5O5S/c1-39-34-23(21-14-40-26(33-21)16-9-11-30-12-10-16)25(36)32-20(27(37)38)13-15-5-7-17(8-6-15)31-24(35)22-18(28)3-2-4-19(22)29/h2-12,14,20H,13H2,1H3,(H,31,35)(H,32,36)(H,37,38)/t20-/m0/s1. The van der Waals surface area contributed by atoms with Crippen LogP contribution in [0.1, 0.15) is 21.6 Å². The normalized spacial score (nSPS) is 11.9. The van der Waals surface area contributed by atoms with Crippen molar-refractivity contribution in [1.29, 1.82) is 0 Å². The lowest BCUT2D eigenvalue weighted by Gasteiger charge is -2.15. The van der Waals surface area contributed by atoms with E-state index in [2.05, 4.69) is 25.8 Å². The first-order chi connectivity index (χ1) is 19.3. The summed E-state index contributed by atoms with van der Waals surface area (Å²) in [7, 11) is 1.28. The summed E-state index contributed by atoms with van der Waals surface area (Å²) in [5, 5.41) is 21.4. The number of anilines is 1. The van der Waals surface area contributed by atoms with Crippen LogP contribution >= 0.6 is 34.5 Å². The summed E-state index contributed by atoms with van der Waals surface area (Å²) >= 11 is 13.5. The number of halogens is 2. The van der Waals surface area contributed by atoms with Crippen molar-refractivity contribution in [2.45, 2.75) is 12.5 Å². The zero-order valence-electron chi connectivity index (χ0n) is 20.8. The molecular formula is C27H21Cl2N5O5S. The molecule has 0 aliphatic rings. The van der Waals surface area contributed by atoms with Gasteiger partial charge in [0.05, 0.1) is 15.6 Å². The Morgan fingerprint density at radius 2 is 1.73 bits per heavy atom. The second-order valence-corrected chi connectivity index (χ2v) is 9.88. The lowest BCUT2D eigenvalue weighted by molar-refractivity contribution is -0.141. The summed E-state index contributed by atoms with van der Waals surface area (Å²) in [6.07, 6.45) is 3.21. The molecule has 1 atom stereocenters. The van der Waals surface area contributed by atoms with Crippen molar-refractivity contribution >= 4 is 63.7 Å². The Kier molecular flexibility index (Phi) is 9.43. The number of benzene rings is 2. The number of aromatic nitrogens is 2. The second kappa shape index (κ2) is 13.2. The SMILES string of the molecule is CON=C(C(=O)N[C@@H](Cc1ccc(NC(=O)c2c(Cl)cccc2Cl)cc1)C(=O)O)c1csc(-c2ccncc2)n1. The molecule has 4 rings (SSSR count). The van der Waals surface area contributed by atoms with Crippen LogP contribution in [0, 0.1) is 0 Å². The quantitative estimate of drug-likeness (QED) is 0.174. The smallest absolute Gasteiger partial charge is 0.326 e. The molecule has 10 nitrogen and oxygen atoms in total. The van der Waals surface area contributed by atoms with Crippen molar-refractivity contribution in [3.63, 3.8) is 0 Å². The Hall–Kier alpha value is -4.32. The van der Waals surface area contributed by atoms with Crippen molar-refractivity contribution < 1.29 is 24.3 Å². The molecule has 0 spiro atoms. The highest BCUT2D eigenvalue weighted by atomic mass is 35.5. The van der Waals surface area contributed by atoms with Crippen molar-refractivity contribution in [1.82, 2.24) is 15.3 Å². The van der Waals surface area contributed by atoms with Crippen LogP contribution in [0.4, 0.5) is 5.69 Å². The summed E-state index contributed by atoms with van der Waals surface area (Å²) in [6.45, 7) is 0. The summed E-state index contributed by atoms with van der Waals surface area (Å²) in [5.74, 6) is -2.49. The van der Waals surface area contributed by atoms with E-state index in [1.165, 1.54) is 18.4 Å². The van der Waals surface area contributed by atoms with E-state index in [0.717, 1.165) is 5.56 Å². The summed E-state index contributed by atoms with van der Waals surface area (Å²) in [5.41, 5.74) is 2.07. The number of carbonyl (C=O) groups excluding carboxylic acids is 2. The van der Waals surface area contributed by atoms with Gasteiger partial charge in [0.2, 0.25) is 0 Å². The number of carboxylic acids is 1. The van der Waals surface area contributed by atoms with Crippen molar-refractivity contribution in [2.24, 2.45) is 5.16 Å². The van der Waals surface area contributed by atoms with Gasteiger partial charge in [-0.15, -0.1) is 11.3 Å². The average Bonchev–Trinajstić information content (AvgIpc) is 3.42. The third-order valence-electron chi connectivity index (χ3n) is 5.52.